The zero-order chi connectivity index (χ0) is 10.6. The van der Waals surface area contributed by atoms with Gasteiger partial charge in [-0.05, 0) is 20.8 Å². The summed E-state index contributed by atoms with van der Waals surface area (Å²) in [4.78, 5) is 21.9. The Bertz CT molecular complexity index is 206. The Morgan fingerprint density at radius 1 is 1.38 bits per heavy atom. The molecule has 1 unspecified atom stereocenters. The minimum atomic E-state index is -0.441. The summed E-state index contributed by atoms with van der Waals surface area (Å²) in [6, 6.07) is 0. The molecule has 13 heavy (non-hydrogen) atoms. The summed E-state index contributed by atoms with van der Waals surface area (Å²) in [5.41, 5.74) is 4.77. The average molecular weight is 186 g/mol. The van der Waals surface area contributed by atoms with Crippen molar-refractivity contribution in [2.45, 2.75) is 39.7 Å². The summed E-state index contributed by atoms with van der Waals surface area (Å²) >= 11 is 0. The second kappa shape index (κ2) is 4.25. The molecule has 0 saturated heterocycles. The second-order valence-electron chi connectivity index (χ2n) is 4.31. The summed E-state index contributed by atoms with van der Waals surface area (Å²) in [5, 5.41) is 2.76. The molecule has 0 spiro atoms. The fourth-order valence-electron chi connectivity index (χ4n) is 0.848. The van der Waals surface area contributed by atoms with Crippen LogP contribution in [0.4, 0.5) is 0 Å². The molecule has 3 N–H and O–H groups in total. The molecule has 0 aromatic carbocycles. The van der Waals surface area contributed by atoms with Crippen molar-refractivity contribution >= 4 is 11.8 Å². The van der Waals surface area contributed by atoms with Gasteiger partial charge in [-0.25, -0.2) is 0 Å². The van der Waals surface area contributed by atoms with Crippen molar-refractivity contribution in [1.29, 1.82) is 0 Å². The van der Waals surface area contributed by atoms with Gasteiger partial charge in [0.05, 0.1) is 0 Å². The Morgan fingerprint density at radius 2 is 1.85 bits per heavy atom. The van der Waals surface area contributed by atoms with E-state index in [1.165, 1.54) is 0 Å². The van der Waals surface area contributed by atoms with Crippen molar-refractivity contribution in [1.82, 2.24) is 5.32 Å². The van der Waals surface area contributed by atoms with Crippen molar-refractivity contribution in [3.63, 3.8) is 0 Å². The summed E-state index contributed by atoms with van der Waals surface area (Å²) in [7, 11) is 0. The van der Waals surface area contributed by atoms with Crippen LogP contribution in [0.25, 0.3) is 0 Å². The highest BCUT2D eigenvalue weighted by Gasteiger charge is 2.18. The summed E-state index contributed by atoms with van der Waals surface area (Å²) in [6.45, 7) is 7.31. The highest BCUT2D eigenvalue weighted by molar-refractivity contribution is 5.84. The lowest BCUT2D eigenvalue weighted by Gasteiger charge is -2.21. The van der Waals surface area contributed by atoms with Crippen molar-refractivity contribution in [2.75, 3.05) is 0 Å². The molecule has 0 radical (unpaired) electrons. The molecule has 76 valence electrons. The predicted octanol–water partition coefficient (Wildman–Crippen LogP) is 0.413. The van der Waals surface area contributed by atoms with E-state index in [4.69, 9.17) is 5.73 Å². The first kappa shape index (κ1) is 11.9. The number of amides is 2. The smallest absolute Gasteiger partial charge is 0.221 e. The summed E-state index contributed by atoms with van der Waals surface area (Å²) in [5.74, 6) is -0.981. The molecule has 0 aromatic heterocycles. The van der Waals surface area contributed by atoms with Gasteiger partial charge < -0.3 is 11.1 Å². The van der Waals surface area contributed by atoms with E-state index in [2.05, 4.69) is 5.32 Å². The third-order valence-electron chi connectivity index (χ3n) is 1.49. The number of nitrogens with one attached hydrogen (secondary N) is 1. The van der Waals surface area contributed by atoms with Gasteiger partial charge in [-0.3, -0.25) is 9.59 Å². The maximum Gasteiger partial charge on any atom is 0.221 e. The average Bonchev–Trinajstić information content (AvgIpc) is 1.81. The van der Waals surface area contributed by atoms with Crippen LogP contribution in [0.5, 0.6) is 0 Å². The quantitative estimate of drug-likeness (QED) is 0.670. The van der Waals surface area contributed by atoms with E-state index in [1.54, 1.807) is 6.92 Å². The zero-order valence-corrected chi connectivity index (χ0v) is 8.68. The Kier molecular flexibility index (Phi) is 3.91. The van der Waals surface area contributed by atoms with Crippen LogP contribution in [0.2, 0.25) is 0 Å². The summed E-state index contributed by atoms with van der Waals surface area (Å²) < 4.78 is 0. The molecule has 4 nitrogen and oxygen atoms in total. The predicted molar refractivity (Wildman–Crippen MR) is 50.9 cm³/mol. The van der Waals surface area contributed by atoms with Crippen molar-refractivity contribution in [3.05, 3.63) is 0 Å². The van der Waals surface area contributed by atoms with Gasteiger partial charge in [0.1, 0.15) is 0 Å². The van der Waals surface area contributed by atoms with E-state index < -0.39 is 11.8 Å². The van der Waals surface area contributed by atoms with Gasteiger partial charge in [0, 0.05) is 17.9 Å². The first-order valence-corrected chi connectivity index (χ1v) is 4.32. The standard InChI is InChI=1S/C9H18N2O2/c1-6(8(10)13)5-7(12)11-9(2,3)4/h6H,5H2,1-4H3,(H2,10,13)(H,11,12). The van der Waals surface area contributed by atoms with Crippen LogP contribution in [-0.4, -0.2) is 17.4 Å². The molecule has 0 bridgehead atoms. The van der Waals surface area contributed by atoms with Crippen LogP contribution in [0.15, 0.2) is 0 Å². The van der Waals surface area contributed by atoms with Crippen LogP contribution >= 0.6 is 0 Å². The SMILES string of the molecule is CC(CC(=O)NC(C)(C)C)C(N)=O. The van der Waals surface area contributed by atoms with Gasteiger partial charge in [0.15, 0.2) is 0 Å². The van der Waals surface area contributed by atoms with Gasteiger partial charge in [-0.1, -0.05) is 6.92 Å². The second-order valence-corrected chi connectivity index (χ2v) is 4.31. The lowest BCUT2D eigenvalue weighted by molar-refractivity contribution is -0.128. The lowest BCUT2D eigenvalue weighted by Crippen LogP contribution is -2.42. The molecule has 0 aliphatic heterocycles. The van der Waals surface area contributed by atoms with Crippen LogP contribution in [0.1, 0.15) is 34.1 Å². The Labute approximate surface area is 78.9 Å². The Morgan fingerprint density at radius 3 is 2.15 bits per heavy atom. The van der Waals surface area contributed by atoms with E-state index in [-0.39, 0.29) is 17.9 Å². The number of carbonyl (C=O) groups is 2. The Balaban J connectivity index is 3.96. The number of rotatable bonds is 3. The van der Waals surface area contributed by atoms with E-state index in [9.17, 15) is 9.59 Å². The van der Waals surface area contributed by atoms with Crippen molar-refractivity contribution < 1.29 is 9.59 Å². The van der Waals surface area contributed by atoms with E-state index in [1.807, 2.05) is 20.8 Å². The number of hydrogen-bond donors (Lipinski definition) is 2. The number of hydrogen-bond acceptors (Lipinski definition) is 2. The Hall–Kier alpha value is -1.06. The molecule has 0 saturated carbocycles. The number of nitrogens with two attached hydrogens (primary N) is 1. The van der Waals surface area contributed by atoms with Gasteiger partial charge >= 0.3 is 0 Å². The van der Waals surface area contributed by atoms with Crippen LogP contribution in [0, 0.1) is 5.92 Å². The molecular formula is C9H18N2O2. The fraction of sp³-hybridized carbons (Fsp3) is 0.778. The van der Waals surface area contributed by atoms with Crippen molar-refractivity contribution in [2.24, 2.45) is 11.7 Å². The maximum absolute atomic E-state index is 11.3. The molecule has 4 heteroatoms. The van der Waals surface area contributed by atoms with E-state index in [0.29, 0.717) is 0 Å². The normalized spacial score (nSPS) is 13.5. The van der Waals surface area contributed by atoms with E-state index >= 15 is 0 Å². The third kappa shape index (κ3) is 6.13. The number of carbonyl (C=O) groups excluding carboxylic acids is 2. The number of primary amides is 1. The van der Waals surface area contributed by atoms with Crippen LogP contribution in [0.3, 0.4) is 0 Å². The lowest BCUT2D eigenvalue weighted by atomic mass is 10.0. The van der Waals surface area contributed by atoms with Crippen molar-refractivity contribution in [3.8, 4) is 0 Å². The molecule has 0 rings (SSSR count). The fourth-order valence-corrected chi connectivity index (χ4v) is 0.848. The first-order valence-electron chi connectivity index (χ1n) is 4.32. The monoisotopic (exact) mass is 186 g/mol. The first-order chi connectivity index (χ1) is 5.72. The molecule has 0 aromatic rings. The van der Waals surface area contributed by atoms with Gasteiger partial charge in [-0.2, -0.15) is 0 Å². The van der Waals surface area contributed by atoms with Crippen LogP contribution in [-0.2, 0) is 9.59 Å². The molecule has 2 amide bonds. The van der Waals surface area contributed by atoms with Gasteiger partial charge in [-0.15, -0.1) is 0 Å². The van der Waals surface area contributed by atoms with Gasteiger partial charge in [0.25, 0.3) is 0 Å². The van der Waals surface area contributed by atoms with Gasteiger partial charge in [0.2, 0.25) is 11.8 Å². The minimum absolute atomic E-state index is 0.140. The largest absolute Gasteiger partial charge is 0.369 e. The molecule has 0 fully saturated rings. The molecule has 0 aliphatic carbocycles. The van der Waals surface area contributed by atoms with Crippen LogP contribution < -0.4 is 11.1 Å². The molecule has 0 aliphatic rings. The van der Waals surface area contributed by atoms with E-state index in [0.717, 1.165) is 0 Å². The third-order valence-corrected chi connectivity index (χ3v) is 1.49. The molecular weight excluding hydrogens is 168 g/mol. The highest BCUT2D eigenvalue weighted by Crippen LogP contribution is 2.04. The highest BCUT2D eigenvalue weighted by atomic mass is 16.2. The minimum Gasteiger partial charge on any atom is -0.369 e. The summed E-state index contributed by atoms with van der Waals surface area (Å²) in [6.07, 6.45) is 0.159. The topological polar surface area (TPSA) is 72.2 Å². The zero-order valence-electron chi connectivity index (χ0n) is 8.68. The molecule has 1 atom stereocenters. The maximum atomic E-state index is 11.3. The molecule has 0 heterocycles.